The van der Waals surface area contributed by atoms with Crippen molar-refractivity contribution in [1.29, 1.82) is 0 Å². The molecule has 1 heterocycles. The summed E-state index contributed by atoms with van der Waals surface area (Å²) in [4.78, 5) is 0. The van der Waals surface area contributed by atoms with E-state index in [-0.39, 0.29) is 0 Å². The van der Waals surface area contributed by atoms with Crippen LogP contribution in [0.3, 0.4) is 0 Å². The maximum absolute atomic E-state index is 5.61. The van der Waals surface area contributed by atoms with Gasteiger partial charge in [-0.05, 0) is 31.9 Å². The van der Waals surface area contributed by atoms with Gasteiger partial charge in [0.1, 0.15) is 0 Å². The fraction of sp³-hybridized carbons (Fsp3) is 0.600. The molecule has 1 aromatic carbocycles. The van der Waals surface area contributed by atoms with E-state index in [1.54, 1.807) is 0 Å². The van der Waals surface area contributed by atoms with Gasteiger partial charge in [-0.2, -0.15) is 0 Å². The van der Waals surface area contributed by atoms with Crippen molar-refractivity contribution in [3.8, 4) is 0 Å². The molecule has 1 aromatic rings. The highest BCUT2D eigenvalue weighted by molar-refractivity contribution is 5.22. The summed E-state index contributed by atoms with van der Waals surface area (Å²) in [6.45, 7) is 7.16. The Hall–Kier alpha value is -0.860. The van der Waals surface area contributed by atoms with Crippen LogP contribution in [0.2, 0.25) is 0 Å². The zero-order valence-corrected chi connectivity index (χ0v) is 10.9. The van der Waals surface area contributed by atoms with Crippen molar-refractivity contribution in [1.82, 2.24) is 5.32 Å². The van der Waals surface area contributed by atoms with Gasteiger partial charge in [0.25, 0.3) is 0 Å². The van der Waals surface area contributed by atoms with Crippen molar-refractivity contribution >= 4 is 0 Å². The molecule has 0 radical (unpaired) electrons. The molecule has 1 N–H and O–H groups in total. The summed E-state index contributed by atoms with van der Waals surface area (Å²) in [5, 5.41) is 3.59. The summed E-state index contributed by atoms with van der Waals surface area (Å²) >= 11 is 0. The number of hydrogen-bond donors (Lipinski definition) is 1. The van der Waals surface area contributed by atoms with Crippen molar-refractivity contribution in [3.63, 3.8) is 0 Å². The Bertz CT molecular complexity index is 331. The van der Waals surface area contributed by atoms with Gasteiger partial charge in [-0.15, -0.1) is 0 Å². The highest BCUT2D eigenvalue weighted by Crippen LogP contribution is 2.20. The monoisotopic (exact) mass is 233 g/mol. The third-order valence-electron chi connectivity index (χ3n) is 3.56. The molecule has 2 rings (SSSR count). The largest absolute Gasteiger partial charge is 0.381 e. The summed E-state index contributed by atoms with van der Waals surface area (Å²) in [6, 6.07) is 9.50. The van der Waals surface area contributed by atoms with E-state index < -0.39 is 0 Å². The van der Waals surface area contributed by atoms with Crippen LogP contribution < -0.4 is 5.32 Å². The fourth-order valence-corrected chi connectivity index (χ4v) is 2.56. The molecule has 0 spiro atoms. The van der Waals surface area contributed by atoms with Gasteiger partial charge in [0.2, 0.25) is 0 Å². The van der Waals surface area contributed by atoms with E-state index >= 15 is 0 Å². The van der Waals surface area contributed by atoms with Crippen molar-refractivity contribution in [2.75, 3.05) is 19.8 Å². The highest BCUT2D eigenvalue weighted by Gasteiger charge is 2.24. The lowest BCUT2D eigenvalue weighted by molar-refractivity contribution is 0.0327. The van der Waals surface area contributed by atoms with E-state index in [9.17, 15) is 0 Å². The number of hydrogen-bond acceptors (Lipinski definition) is 2. The van der Waals surface area contributed by atoms with Gasteiger partial charge in [0.05, 0.1) is 6.61 Å². The minimum atomic E-state index is 0.617. The van der Waals surface area contributed by atoms with Gasteiger partial charge in [-0.25, -0.2) is 0 Å². The van der Waals surface area contributed by atoms with Crippen LogP contribution in [0.5, 0.6) is 0 Å². The first-order valence-electron chi connectivity index (χ1n) is 6.66. The molecular weight excluding hydrogens is 210 g/mol. The van der Waals surface area contributed by atoms with Crippen LogP contribution in [0.1, 0.15) is 24.5 Å². The molecule has 0 bridgehead atoms. The van der Waals surface area contributed by atoms with Gasteiger partial charge >= 0.3 is 0 Å². The molecule has 1 aliphatic heterocycles. The smallest absolute Gasteiger partial charge is 0.0512 e. The lowest BCUT2D eigenvalue weighted by Gasteiger charge is -2.32. The zero-order chi connectivity index (χ0) is 12.1. The topological polar surface area (TPSA) is 21.3 Å². The Morgan fingerprint density at radius 3 is 2.76 bits per heavy atom. The van der Waals surface area contributed by atoms with E-state index in [2.05, 4.69) is 43.4 Å². The molecule has 0 aliphatic carbocycles. The van der Waals surface area contributed by atoms with Crippen LogP contribution in [0.25, 0.3) is 0 Å². The van der Waals surface area contributed by atoms with Gasteiger partial charge in [0.15, 0.2) is 0 Å². The van der Waals surface area contributed by atoms with Crippen LogP contribution in [0.4, 0.5) is 0 Å². The fourth-order valence-electron chi connectivity index (χ4n) is 2.56. The quantitative estimate of drug-likeness (QED) is 0.863. The molecule has 1 fully saturated rings. The predicted molar refractivity (Wildman–Crippen MR) is 71.3 cm³/mol. The molecule has 17 heavy (non-hydrogen) atoms. The summed E-state index contributed by atoms with van der Waals surface area (Å²) in [5.74, 6) is 0.617. The minimum absolute atomic E-state index is 0.617. The summed E-state index contributed by atoms with van der Waals surface area (Å²) in [7, 11) is 0. The number of ether oxygens (including phenoxy) is 1. The SMILES string of the molecule is CCN[C@H]1CCOC[C@H]1Cc1ccc(C)cc1. The van der Waals surface area contributed by atoms with Crippen LogP contribution in [0.15, 0.2) is 24.3 Å². The minimum Gasteiger partial charge on any atom is -0.381 e. The number of rotatable bonds is 4. The summed E-state index contributed by atoms with van der Waals surface area (Å²) < 4.78 is 5.61. The van der Waals surface area contributed by atoms with Gasteiger partial charge < -0.3 is 10.1 Å². The molecule has 1 aliphatic rings. The van der Waals surface area contributed by atoms with Crippen LogP contribution in [-0.2, 0) is 11.2 Å². The molecule has 94 valence electrons. The highest BCUT2D eigenvalue weighted by atomic mass is 16.5. The van der Waals surface area contributed by atoms with Crippen LogP contribution in [-0.4, -0.2) is 25.8 Å². The summed E-state index contributed by atoms with van der Waals surface area (Å²) in [6.07, 6.45) is 2.27. The second-order valence-corrected chi connectivity index (χ2v) is 4.98. The summed E-state index contributed by atoms with van der Waals surface area (Å²) in [5.41, 5.74) is 2.76. The average molecular weight is 233 g/mol. The van der Waals surface area contributed by atoms with Gasteiger partial charge in [-0.3, -0.25) is 0 Å². The van der Waals surface area contributed by atoms with Crippen molar-refractivity contribution in [3.05, 3.63) is 35.4 Å². The molecule has 2 heteroatoms. The molecule has 0 saturated carbocycles. The first-order valence-corrected chi connectivity index (χ1v) is 6.66. The number of nitrogens with one attached hydrogen (secondary N) is 1. The Kier molecular flexibility index (Phi) is 4.57. The average Bonchev–Trinajstić information content (AvgIpc) is 2.35. The maximum Gasteiger partial charge on any atom is 0.0512 e. The lowest BCUT2D eigenvalue weighted by atomic mass is 9.89. The molecule has 1 saturated heterocycles. The van der Waals surface area contributed by atoms with E-state index in [1.165, 1.54) is 11.1 Å². The first kappa shape index (κ1) is 12.6. The van der Waals surface area contributed by atoms with Gasteiger partial charge in [-0.1, -0.05) is 36.8 Å². The number of benzene rings is 1. The standard InChI is InChI=1S/C15H23NO/c1-3-16-15-8-9-17-11-14(15)10-13-6-4-12(2)5-7-13/h4-7,14-16H,3,8-11H2,1-2H3/t14-,15+/m1/s1. The zero-order valence-electron chi connectivity index (χ0n) is 10.9. The Morgan fingerprint density at radius 2 is 2.06 bits per heavy atom. The van der Waals surface area contributed by atoms with Crippen molar-refractivity contribution in [2.45, 2.75) is 32.7 Å². The molecule has 0 amide bonds. The second-order valence-electron chi connectivity index (χ2n) is 4.98. The molecular formula is C15H23NO. The molecule has 0 unspecified atom stereocenters. The molecule has 2 atom stereocenters. The van der Waals surface area contributed by atoms with E-state index in [1.807, 2.05) is 0 Å². The Labute approximate surface area is 104 Å². The van der Waals surface area contributed by atoms with Crippen molar-refractivity contribution < 1.29 is 4.74 Å². The first-order chi connectivity index (χ1) is 8.29. The van der Waals surface area contributed by atoms with E-state index in [4.69, 9.17) is 4.74 Å². The van der Waals surface area contributed by atoms with Crippen molar-refractivity contribution in [2.24, 2.45) is 5.92 Å². The normalized spacial score (nSPS) is 24.8. The molecule has 2 nitrogen and oxygen atoms in total. The van der Waals surface area contributed by atoms with Gasteiger partial charge in [0, 0.05) is 18.6 Å². The lowest BCUT2D eigenvalue weighted by Crippen LogP contribution is -2.43. The van der Waals surface area contributed by atoms with E-state index in [0.717, 1.165) is 32.6 Å². The van der Waals surface area contributed by atoms with E-state index in [0.29, 0.717) is 12.0 Å². The van der Waals surface area contributed by atoms with Crippen LogP contribution >= 0.6 is 0 Å². The Balaban J connectivity index is 1.97. The third-order valence-corrected chi connectivity index (χ3v) is 3.56. The Morgan fingerprint density at radius 1 is 1.29 bits per heavy atom. The predicted octanol–water partition coefficient (Wildman–Crippen LogP) is 2.55. The third kappa shape index (κ3) is 3.55. The number of aryl methyl sites for hydroxylation is 1. The second kappa shape index (κ2) is 6.18. The van der Waals surface area contributed by atoms with Crippen LogP contribution in [0, 0.1) is 12.8 Å². The molecule has 0 aromatic heterocycles. The maximum atomic E-state index is 5.61.